The highest BCUT2D eigenvalue weighted by atomic mass is 35.5. The Labute approximate surface area is 109 Å². The number of hydrogen-bond donors (Lipinski definition) is 1. The topological polar surface area (TPSA) is 47.6 Å². The second kappa shape index (κ2) is 6.13. The summed E-state index contributed by atoms with van der Waals surface area (Å²) in [6.45, 7) is 0.607. The Morgan fingerprint density at radius 2 is 2.33 bits per heavy atom. The molecule has 1 N–H and O–H groups in total. The monoisotopic (exact) mass is 273 g/mol. The van der Waals surface area contributed by atoms with Gasteiger partial charge in [-0.15, -0.1) is 0 Å². The van der Waals surface area contributed by atoms with E-state index in [9.17, 15) is 9.18 Å². The lowest BCUT2D eigenvalue weighted by Crippen LogP contribution is -2.33. The maximum Gasteiger partial charge on any atom is 0.277 e. The summed E-state index contributed by atoms with van der Waals surface area (Å²) in [5.74, 6) is -1.34. The zero-order valence-electron chi connectivity index (χ0n) is 9.62. The third kappa shape index (κ3) is 3.41. The molecule has 1 aromatic carbocycles. The van der Waals surface area contributed by atoms with Crippen LogP contribution in [0.5, 0.6) is 0 Å². The lowest BCUT2D eigenvalue weighted by Gasteiger charge is -2.22. The number of hydrogen-bond acceptors (Lipinski definition) is 3. The molecule has 1 fully saturated rings. The molecular formula is C12H13ClFNO3. The van der Waals surface area contributed by atoms with Crippen molar-refractivity contribution in [3.8, 4) is 0 Å². The number of amides is 1. The maximum absolute atomic E-state index is 13.4. The average Bonchev–Trinajstić information content (AvgIpc) is 2.37. The van der Waals surface area contributed by atoms with E-state index in [1.807, 2.05) is 0 Å². The van der Waals surface area contributed by atoms with Crippen LogP contribution >= 0.6 is 11.6 Å². The van der Waals surface area contributed by atoms with Gasteiger partial charge in [0.2, 0.25) is 0 Å². The van der Waals surface area contributed by atoms with Crippen molar-refractivity contribution in [2.45, 2.75) is 25.6 Å². The summed E-state index contributed by atoms with van der Waals surface area (Å²) in [6, 6.07) is 3.82. The molecule has 1 aliphatic heterocycles. The van der Waals surface area contributed by atoms with E-state index in [0.29, 0.717) is 13.0 Å². The van der Waals surface area contributed by atoms with Crippen LogP contribution in [-0.2, 0) is 9.57 Å². The Morgan fingerprint density at radius 3 is 3.00 bits per heavy atom. The number of benzene rings is 1. The third-order valence-corrected chi connectivity index (χ3v) is 2.83. The van der Waals surface area contributed by atoms with Crippen LogP contribution in [0.4, 0.5) is 4.39 Å². The van der Waals surface area contributed by atoms with Crippen molar-refractivity contribution >= 4 is 17.5 Å². The van der Waals surface area contributed by atoms with Gasteiger partial charge >= 0.3 is 0 Å². The number of carbonyl (C=O) groups is 1. The molecule has 0 bridgehead atoms. The minimum Gasteiger partial charge on any atom is -0.350 e. The molecule has 0 saturated carbocycles. The molecule has 0 aromatic heterocycles. The molecule has 6 heteroatoms. The number of rotatable bonds is 3. The molecule has 1 aliphatic rings. The zero-order chi connectivity index (χ0) is 13.0. The molecule has 1 amide bonds. The predicted octanol–water partition coefficient (Wildman–Crippen LogP) is 2.67. The summed E-state index contributed by atoms with van der Waals surface area (Å²) >= 11 is 5.60. The molecule has 98 valence electrons. The van der Waals surface area contributed by atoms with Gasteiger partial charge in [0.15, 0.2) is 6.29 Å². The van der Waals surface area contributed by atoms with Gasteiger partial charge in [-0.1, -0.05) is 11.6 Å². The summed E-state index contributed by atoms with van der Waals surface area (Å²) in [5, 5.41) is 0.237. The molecule has 1 atom stereocenters. The molecule has 4 nitrogen and oxygen atoms in total. The van der Waals surface area contributed by atoms with Crippen LogP contribution in [0.1, 0.15) is 29.6 Å². The molecule has 2 rings (SSSR count). The van der Waals surface area contributed by atoms with Crippen molar-refractivity contribution in [3.05, 3.63) is 34.6 Å². The third-order valence-electron chi connectivity index (χ3n) is 2.60. The minimum absolute atomic E-state index is 0.116. The second-order valence-electron chi connectivity index (χ2n) is 3.97. The fourth-order valence-electron chi connectivity index (χ4n) is 1.65. The minimum atomic E-state index is -0.687. The number of hydroxylamine groups is 1. The van der Waals surface area contributed by atoms with Crippen LogP contribution in [0.3, 0.4) is 0 Å². The highest BCUT2D eigenvalue weighted by Gasteiger charge is 2.17. The first-order valence-electron chi connectivity index (χ1n) is 5.69. The fraction of sp³-hybridized carbons (Fsp3) is 0.417. The molecule has 1 saturated heterocycles. The van der Waals surface area contributed by atoms with Crippen molar-refractivity contribution in [2.75, 3.05) is 6.61 Å². The van der Waals surface area contributed by atoms with Crippen molar-refractivity contribution in [3.63, 3.8) is 0 Å². The van der Waals surface area contributed by atoms with E-state index in [1.165, 1.54) is 12.1 Å². The normalized spacial score (nSPS) is 19.6. The molecule has 0 spiro atoms. The van der Waals surface area contributed by atoms with Crippen molar-refractivity contribution in [2.24, 2.45) is 0 Å². The van der Waals surface area contributed by atoms with E-state index in [2.05, 4.69) is 5.48 Å². The Bertz CT molecular complexity index is 435. The van der Waals surface area contributed by atoms with Crippen LogP contribution in [-0.4, -0.2) is 18.8 Å². The molecule has 1 heterocycles. The molecule has 18 heavy (non-hydrogen) atoms. The summed E-state index contributed by atoms with van der Waals surface area (Å²) in [5.41, 5.74) is 2.07. The van der Waals surface area contributed by atoms with E-state index < -0.39 is 18.0 Å². The van der Waals surface area contributed by atoms with Gasteiger partial charge < -0.3 is 4.74 Å². The Balaban J connectivity index is 1.90. The van der Waals surface area contributed by atoms with Crippen LogP contribution < -0.4 is 5.48 Å². The summed E-state index contributed by atoms with van der Waals surface area (Å²) in [4.78, 5) is 16.7. The number of nitrogens with one attached hydrogen (secondary N) is 1. The summed E-state index contributed by atoms with van der Waals surface area (Å²) in [7, 11) is 0. The molecule has 0 unspecified atom stereocenters. The predicted molar refractivity (Wildman–Crippen MR) is 63.6 cm³/mol. The van der Waals surface area contributed by atoms with E-state index in [0.717, 1.165) is 18.9 Å². The highest BCUT2D eigenvalue weighted by Crippen LogP contribution is 2.15. The summed E-state index contributed by atoms with van der Waals surface area (Å²) < 4.78 is 18.7. The fourth-order valence-corrected chi connectivity index (χ4v) is 1.81. The van der Waals surface area contributed by atoms with Crippen molar-refractivity contribution in [1.29, 1.82) is 0 Å². The SMILES string of the molecule is O=C(NO[C@H]1CCCCO1)c1ccc(Cl)cc1F. The number of carbonyl (C=O) groups excluding carboxylic acids is 1. The first-order valence-corrected chi connectivity index (χ1v) is 6.07. The van der Waals surface area contributed by atoms with E-state index >= 15 is 0 Å². The van der Waals surface area contributed by atoms with Gasteiger partial charge in [0.25, 0.3) is 5.91 Å². The van der Waals surface area contributed by atoms with Crippen LogP contribution in [0.15, 0.2) is 18.2 Å². The standard InChI is InChI=1S/C12H13ClFNO3/c13-8-4-5-9(10(14)7-8)12(16)15-18-11-3-1-2-6-17-11/h4-5,7,11H,1-3,6H2,(H,15,16)/t11-/m0/s1. The van der Waals surface area contributed by atoms with E-state index in [4.69, 9.17) is 21.2 Å². The smallest absolute Gasteiger partial charge is 0.277 e. The van der Waals surface area contributed by atoms with Crippen molar-refractivity contribution in [1.82, 2.24) is 5.48 Å². The van der Waals surface area contributed by atoms with Gasteiger partial charge in [0, 0.05) is 18.1 Å². The largest absolute Gasteiger partial charge is 0.350 e. The maximum atomic E-state index is 13.4. The quantitative estimate of drug-likeness (QED) is 0.862. The Kier molecular flexibility index (Phi) is 4.52. The molecule has 0 radical (unpaired) electrons. The Hall–Kier alpha value is -1.17. The molecular weight excluding hydrogens is 261 g/mol. The highest BCUT2D eigenvalue weighted by molar-refractivity contribution is 6.30. The zero-order valence-corrected chi connectivity index (χ0v) is 10.4. The summed E-state index contributed by atoms with van der Waals surface area (Å²) in [6.07, 6.45) is 2.22. The van der Waals surface area contributed by atoms with Gasteiger partial charge in [-0.2, -0.15) is 0 Å². The lowest BCUT2D eigenvalue weighted by molar-refractivity contribution is -0.186. The Morgan fingerprint density at radius 1 is 1.50 bits per heavy atom. The van der Waals surface area contributed by atoms with Crippen LogP contribution in [0.25, 0.3) is 0 Å². The first-order chi connectivity index (χ1) is 8.66. The average molecular weight is 274 g/mol. The van der Waals surface area contributed by atoms with Crippen LogP contribution in [0.2, 0.25) is 5.02 Å². The molecule has 0 aliphatic carbocycles. The van der Waals surface area contributed by atoms with Gasteiger partial charge in [-0.25, -0.2) is 14.7 Å². The van der Waals surface area contributed by atoms with Crippen LogP contribution in [0, 0.1) is 5.82 Å². The molecule has 1 aromatic rings. The second-order valence-corrected chi connectivity index (χ2v) is 4.41. The van der Waals surface area contributed by atoms with Gasteiger partial charge in [0.1, 0.15) is 5.82 Å². The van der Waals surface area contributed by atoms with Gasteiger partial charge in [0.05, 0.1) is 5.56 Å². The van der Waals surface area contributed by atoms with E-state index in [1.54, 1.807) is 0 Å². The van der Waals surface area contributed by atoms with Gasteiger partial charge in [-0.05, 0) is 31.0 Å². The lowest BCUT2D eigenvalue weighted by atomic mass is 10.2. The number of halogens is 2. The van der Waals surface area contributed by atoms with Crippen molar-refractivity contribution < 1.29 is 18.8 Å². The number of ether oxygens (including phenoxy) is 1. The van der Waals surface area contributed by atoms with Gasteiger partial charge in [-0.3, -0.25) is 4.79 Å². The van der Waals surface area contributed by atoms with E-state index in [-0.39, 0.29) is 10.6 Å². The first kappa shape index (κ1) is 13.3.